The first-order valence-electron chi connectivity index (χ1n) is 6.82. The summed E-state index contributed by atoms with van der Waals surface area (Å²) in [7, 11) is 0. The maximum Gasteiger partial charge on any atom is 0.0431 e. The Balaban J connectivity index is 3.14. The smallest absolute Gasteiger partial charge is 0.0431 e. The molecule has 0 radical (unpaired) electrons. The van der Waals surface area contributed by atoms with Crippen molar-refractivity contribution >= 4 is 0 Å². The summed E-state index contributed by atoms with van der Waals surface area (Å²) in [5, 5.41) is 8.60. The van der Waals surface area contributed by atoms with Crippen molar-refractivity contribution in [2.24, 2.45) is 0 Å². The average molecular weight is 224 g/mol. The van der Waals surface area contributed by atoms with Gasteiger partial charge in [-0.1, -0.05) is 50.5 Å². The molecule has 0 rings (SSSR count). The highest BCUT2D eigenvalue weighted by molar-refractivity contribution is 4.92. The van der Waals surface area contributed by atoms with Gasteiger partial charge >= 0.3 is 0 Å². The lowest BCUT2D eigenvalue weighted by Gasteiger charge is -1.93. The highest BCUT2D eigenvalue weighted by atomic mass is 16.2. The van der Waals surface area contributed by atoms with Crippen LogP contribution in [0, 0.1) is 0 Å². The van der Waals surface area contributed by atoms with Gasteiger partial charge in [0, 0.05) is 6.61 Å². The number of hydrogen-bond donors (Lipinski definition) is 1. The molecule has 94 valence electrons. The van der Waals surface area contributed by atoms with Crippen LogP contribution in [0.4, 0.5) is 0 Å². The summed E-state index contributed by atoms with van der Waals surface area (Å²) in [4.78, 5) is 0. The summed E-state index contributed by atoms with van der Waals surface area (Å²) in [5.41, 5.74) is 0. The van der Waals surface area contributed by atoms with Crippen LogP contribution in [0.25, 0.3) is 0 Å². The first kappa shape index (κ1) is 15.4. The summed E-state index contributed by atoms with van der Waals surface area (Å²) >= 11 is 0. The molecule has 0 atom stereocenters. The van der Waals surface area contributed by atoms with Gasteiger partial charge in [0.2, 0.25) is 0 Å². The van der Waals surface area contributed by atoms with Crippen LogP contribution in [0.2, 0.25) is 0 Å². The van der Waals surface area contributed by atoms with Crippen LogP contribution >= 0.6 is 0 Å². The van der Waals surface area contributed by atoms with Gasteiger partial charge in [-0.3, -0.25) is 0 Å². The number of hydrogen-bond acceptors (Lipinski definition) is 1. The molecule has 0 saturated carbocycles. The minimum atomic E-state index is 0.338. The monoisotopic (exact) mass is 224 g/mol. The molecular weight excluding hydrogens is 196 g/mol. The molecule has 1 heteroatoms. The van der Waals surface area contributed by atoms with Crippen molar-refractivity contribution in [2.75, 3.05) is 6.61 Å². The molecule has 0 aliphatic rings. The van der Waals surface area contributed by atoms with Crippen LogP contribution in [0.15, 0.2) is 24.3 Å². The molecule has 16 heavy (non-hydrogen) atoms. The van der Waals surface area contributed by atoms with E-state index in [0.29, 0.717) is 6.61 Å². The Bertz CT molecular complexity index is 170. The van der Waals surface area contributed by atoms with Crippen LogP contribution < -0.4 is 0 Å². The Morgan fingerprint density at radius 3 is 1.94 bits per heavy atom. The van der Waals surface area contributed by atoms with Gasteiger partial charge in [-0.15, -0.1) is 0 Å². The van der Waals surface area contributed by atoms with Gasteiger partial charge in [0.15, 0.2) is 0 Å². The zero-order valence-electron chi connectivity index (χ0n) is 10.8. The SMILES string of the molecule is CCCCCC=CCC=CCCCCCO. The third-order valence-corrected chi connectivity index (χ3v) is 2.61. The van der Waals surface area contributed by atoms with Gasteiger partial charge in [-0.2, -0.15) is 0 Å². The summed E-state index contributed by atoms with van der Waals surface area (Å²) in [6, 6.07) is 0. The Hall–Kier alpha value is -0.560. The third-order valence-electron chi connectivity index (χ3n) is 2.61. The minimum absolute atomic E-state index is 0.338. The molecule has 0 aliphatic carbocycles. The molecule has 0 heterocycles. The summed E-state index contributed by atoms with van der Waals surface area (Å²) in [5.74, 6) is 0. The van der Waals surface area contributed by atoms with Gasteiger partial charge < -0.3 is 5.11 Å². The van der Waals surface area contributed by atoms with E-state index in [1.165, 1.54) is 32.1 Å². The van der Waals surface area contributed by atoms with E-state index in [1.807, 2.05) is 0 Å². The normalized spacial score (nSPS) is 11.9. The first-order valence-corrected chi connectivity index (χ1v) is 6.82. The van der Waals surface area contributed by atoms with E-state index >= 15 is 0 Å². The molecular formula is C15H28O. The second-order valence-corrected chi connectivity index (χ2v) is 4.25. The lowest BCUT2D eigenvalue weighted by atomic mass is 10.1. The molecule has 0 aromatic rings. The van der Waals surface area contributed by atoms with E-state index in [2.05, 4.69) is 31.2 Å². The molecule has 0 unspecified atom stereocenters. The fourth-order valence-electron chi connectivity index (χ4n) is 1.57. The van der Waals surface area contributed by atoms with Gasteiger partial charge in [-0.25, -0.2) is 0 Å². The zero-order chi connectivity index (χ0) is 11.9. The summed E-state index contributed by atoms with van der Waals surface area (Å²) < 4.78 is 0. The standard InChI is InChI=1S/C15H28O/c1-2-3-4-5-6-7-8-9-10-11-12-13-14-15-16/h6-7,9-10,16H,2-5,8,11-15H2,1H3. The maximum atomic E-state index is 8.60. The molecule has 0 bridgehead atoms. The number of rotatable bonds is 11. The number of aliphatic hydroxyl groups is 1. The summed E-state index contributed by atoms with van der Waals surface area (Å²) in [6.45, 7) is 2.58. The number of allylic oxidation sites excluding steroid dienone is 4. The van der Waals surface area contributed by atoms with Crippen molar-refractivity contribution in [3.63, 3.8) is 0 Å². The fourth-order valence-corrected chi connectivity index (χ4v) is 1.57. The topological polar surface area (TPSA) is 20.2 Å². The van der Waals surface area contributed by atoms with Crippen molar-refractivity contribution in [3.05, 3.63) is 24.3 Å². The average Bonchev–Trinajstić information content (AvgIpc) is 2.31. The quantitative estimate of drug-likeness (QED) is 0.401. The molecule has 0 fully saturated rings. The van der Waals surface area contributed by atoms with Gasteiger partial charge in [0.05, 0.1) is 0 Å². The summed E-state index contributed by atoms with van der Waals surface area (Å²) in [6.07, 6.45) is 19.8. The van der Waals surface area contributed by atoms with Gasteiger partial charge in [-0.05, 0) is 38.5 Å². The zero-order valence-corrected chi connectivity index (χ0v) is 10.8. The van der Waals surface area contributed by atoms with Crippen LogP contribution in [-0.4, -0.2) is 11.7 Å². The van der Waals surface area contributed by atoms with Crippen LogP contribution in [0.5, 0.6) is 0 Å². The maximum absolute atomic E-state index is 8.60. The van der Waals surface area contributed by atoms with Crippen molar-refractivity contribution in [1.82, 2.24) is 0 Å². The van der Waals surface area contributed by atoms with Crippen LogP contribution in [0.3, 0.4) is 0 Å². The second-order valence-electron chi connectivity index (χ2n) is 4.25. The van der Waals surface area contributed by atoms with E-state index in [1.54, 1.807) is 0 Å². The van der Waals surface area contributed by atoms with Gasteiger partial charge in [0.1, 0.15) is 0 Å². The predicted molar refractivity (Wildman–Crippen MR) is 72.6 cm³/mol. The fraction of sp³-hybridized carbons (Fsp3) is 0.733. The van der Waals surface area contributed by atoms with E-state index in [0.717, 1.165) is 25.7 Å². The second kappa shape index (κ2) is 14.4. The lowest BCUT2D eigenvalue weighted by molar-refractivity contribution is 0.283. The molecule has 0 aromatic heterocycles. The van der Waals surface area contributed by atoms with Crippen molar-refractivity contribution in [1.29, 1.82) is 0 Å². The Labute approximate surface area is 101 Å². The van der Waals surface area contributed by atoms with E-state index in [-0.39, 0.29) is 0 Å². The number of aliphatic hydroxyl groups excluding tert-OH is 1. The highest BCUT2D eigenvalue weighted by Gasteiger charge is 1.84. The molecule has 0 saturated heterocycles. The molecule has 0 amide bonds. The molecule has 0 aliphatic heterocycles. The molecule has 1 nitrogen and oxygen atoms in total. The van der Waals surface area contributed by atoms with Gasteiger partial charge in [0.25, 0.3) is 0 Å². The highest BCUT2D eigenvalue weighted by Crippen LogP contribution is 2.02. The Morgan fingerprint density at radius 2 is 1.38 bits per heavy atom. The molecule has 0 aromatic carbocycles. The van der Waals surface area contributed by atoms with E-state index in [9.17, 15) is 0 Å². The van der Waals surface area contributed by atoms with E-state index < -0.39 is 0 Å². The Kier molecular flexibility index (Phi) is 13.9. The predicted octanol–water partition coefficient (Wildman–Crippen LogP) is 4.62. The van der Waals surface area contributed by atoms with Crippen LogP contribution in [-0.2, 0) is 0 Å². The third kappa shape index (κ3) is 13.4. The van der Waals surface area contributed by atoms with Crippen LogP contribution in [0.1, 0.15) is 64.7 Å². The number of unbranched alkanes of at least 4 members (excludes halogenated alkanes) is 6. The van der Waals surface area contributed by atoms with Crippen molar-refractivity contribution in [3.8, 4) is 0 Å². The molecule has 0 spiro atoms. The Morgan fingerprint density at radius 1 is 0.750 bits per heavy atom. The minimum Gasteiger partial charge on any atom is -0.396 e. The lowest BCUT2D eigenvalue weighted by Crippen LogP contribution is -1.81. The van der Waals surface area contributed by atoms with Crippen molar-refractivity contribution in [2.45, 2.75) is 64.7 Å². The largest absolute Gasteiger partial charge is 0.396 e. The first-order chi connectivity index (χ1) is 7.91. The van der Waals surface area contributed by atoms with E-state index in [4.69, 9.17) is 5.11 Å². The van der Waals surface area contributed by atoms with Crippen molar-refractivity contribution < 1.29 is 5.11 Å². The molecule has 1 N–H and O–H groups in total.